The van der Waals surface area contributed by atoms with Gasteiger partial charge in [0.2, 0.25) is 10.0 Å². The van der Waals surface area contributed by atoms with E-state index in [-0.39, 0.29) is 12.1 Å². The average molecular weight is 510 g/mol. The number of ether oxygens (including phenoxy) is 1. The van der Waals surface area contributed by atoms with Gasteiger partial charge in [0.15, 0.2) is 0 Å². The molecule has 2 N–H and O–H groups in total. The van der Waals surface area contributed by atoms with Crippen LogP contribution in [0.4, 0.5) is 14.5 Å². The van der Waals surface area contributed by atoms with E-state index in [0.29, 0.717) is 17.1 Å². The third kappa shape index (κ3) is 4.78. The Balaban J connectivity index is 1.50. The van der Waals surface area contributed by atoms with E-state index in [1.165, 1.54) is 11.8 Å². The molecular formula is C25H21F2N5O3S. The Morgan fingerprint density at radius 3 is 2.67 bits per heavy atom. The molecule has 0 spiro atoms. The van der Waals surface area contributed by atoms with Gasteiger partial charge in [-0.15, -0.1) is 0 Å². The van der Waals surface area contributed by atoms with E-state index in [1.54, 1.807) is 36.9 Å². The third-order valence-electron chi connectivity index (χ3n) is 5.64. The third-order valence-corrected chi connectivity index (χ3v) is 6.23. The normalized spacial score (nSPS) is 11.7. The molecule has 0 aliphatic rings. The Bertz CT molecular complexity index is 1700. The van der Waals surface area contributed by atoms with Gasteiger partial charge in [0.05, 0.1) is 31.8 Å². The summed E-state index contributed by atoms with van der Waals surface area (Å²) in [5.74, 6) is -0.622. The summed E-state index contributed by atoms with van der Waals surface area (Å²) >= 11 is 0. The Kier molecular flexibility index (Phi) is 5.92. The number of H-pyrrole nitrogens is 1. The summed E-state index contributed by atoms with van der Waals surface area (Å²) in [7, 11) is -2.04. The standard InChI is InChI=1S/C25H21F2N5O3S/c1-35-24-6-3-15(9-23(24)31-36(2,33)34)16-8-20-21(12-29-25(20)28-10-16)18-11-30-32(14-18)13-17-7-19(26)4-5-22(17)27/h3-12,14,31H,13H2,1-2H3,(H,28,29). The van der Waals surface area contributed by atoms with Gasteiger partial charge in [-0.1, -0.05) is 6.07 Å². The topological polar surface area (TPSA) is 102 Å². The predicted octanol–water partition coefficient (Wildman–Crippen LogP) is 4.80. The fraction of sp³-hybridized carbons (Fsp3) is 0.120. The van der Waals surface area contributed by atoms with Crippen LogP contribution in [0.3, 0.4) is 0 Å². The Morgan fingerprint density at radius 1 is 1.06 bits per heavy atom. The number of hydrogen-bond acceptors (Lipinski definition) is 5. The predicted molar refractivity (Wildman–Crippen MR) is 133 cm³/mol. The van der Waals surface area contributed by atoms with Crippen LogP contribution in [0, 0.1) is 11.6 Å². The number of rotatable bonds is 7. The van der Waals surface area contributed by atoms with Crippen LogP contribution in [0.1, 0.15) is 5.56 Å². The lowest BCUT2D eigenvalue weighted by molar-refractivity contribution is 0.417. The van der Waals surface area contributed by atoms with Crippen LogP contribution in [0.2, 0.25) is 0 Å². The highest BCUT2D eigenvalue weighted by molar-refractivity contribution is 7.92. The molecule has 8 nitrogen and oxygen atoms in total. The summed E-state index contributed by atoms with van der Waals surface area (Å²) in [6.45, 7) is 0.0808. The van der Waals surface area contributed by atoms with E-state index in [1.807, 2.05) is 12.1 Å². The molecule has 11 heteroatoms. The van der Waals surface area contributed by atoms with Gasteiger partial charge >= 0.3 is 0 Å². The maximum absolute atomic E-state index is 14.0. The molecular weight excluding hydrogens is 488 g/mol. The van der Waals surface area contributed by atoms with Crippen LogP contribution >= 0.6 is 0 Å². The number of hydrogen-bond donors (Lipinski definition) is 2. The molecule has 184 valence electrons. The van der Waals surface area contributed by atoms with Gasteiger partial charge in [-0.2, -0.15) is 5.10 Å². The summed E-state index contributed by atoms with van der Waals surface area (Å²) in [4.78, 5) is 7.63. The fourth-order valence-electron chi connectivity index (χ4n) is 4.00. The van der Waals surface area contributed by atoms with Crippen LogP contribution in [0.25, 0.3) is 33.3 Å². The largest absolute Gasteiger partial charge is 0.495 e. The molecule has 5 rings (SSSR count). The smallest absolute Gasteiger partial charge is 0.229 e. The van der Waals surface area contributed by atoms with Crippen molar-refractivity contribution in [1.82, 2.24) is 19.7 Å². The number of aromatic nitrogens is 4. The Hall–Kier alpha value is -4.25. The number of aromatic amines is 1. The van der Waals surface area contributed by atoms with Gasteiger partial charge in [0.1, 0.15) is 23.0 Å². The Labute approximate surface area is 205 Å². The Morgan fingerprint density at radius 2 is 1.89 bits per heavy atom. The van der Waals surface area contributed by atoms with E-state index >= 15 is 0 Å². The lowest BCUT2D eigenvalue weighted by Gasteiger charge is -2.12. The number of methoxy groups -OCH3 is 1. The lowest BCUT2D eigenvalue weighted by Crippen LogP contribution is -2.10. The maximum Gasteiger partial charge on any atom is 0.229 e. The van der Waals surface area contributed by atoms with Gasteiger partial charge in [0.25, 0.3) is 0 Å². The molecule has 0 amide bonds. The van der Waals surface area contributed by atoms with Crippen molar-refractivity contribution in [3.8, 4) is 28.0 Å². The monoisotopic (exact) mass is 509 g/mol. The first-order chi connectivity index (χ1) is 17.2. The van der Waals surface area contributed by atoms with E-state index in [4.69, 9.17) is 4.74 Å². The zero-order valence-corrected chi connectivity index (χ0v) is 20.1. The fourth-order valence-corrected chi connectivity index (χ4v) is 4.55. The van der Waals surface area contributed by atoms with Crippen molar-refractivity contribution in [2.45, 2.75) is 6.54 Å². The number of nitrogens with one attached hydrogen (secondary N) is 2. The van der Waals surface area contributed by atoms with Gasteiger partial charge in [0, 0.05) is 46.2 Å². The summed E-state index contributed by atoms with van der Waals surface area (Å²) in [5, 5.41) is 5.12. The number of sulfonamides is 1. The molecule has 5 aromatic rings. The number of benzene rings is 2. The zero-order valence-electron chi connectivity index (χ0n) is 19.3. The van der Waals surface area contributed by atoms with Crippen LogP contribution in [-0.2, 0) is 16.6 Å². The molecule has 2 aromatic carbocycles. The van der Waals surface area contributed by atoms with Gasteiger partial charge in [-0.05, 0) is 42.0 Å². The molecule has 0 saturated heterocycles. The van der Waals surface area contributed by atoms with E-state index in [0.717, 1.165) is 52.1 Å². The van der Waals surface area contributed by atoms with Crippen LogP contribution in [0.5, 0.6) is 5.75 Å². The number of fused-ring (bicyclic) bond motifs is 1. The van der Waals surface area contributed by atoms with Crippen LogP contribution in [-0.4, -0.2) is 41.5 Å². The highest BCUT2D eigenvalue weighted by Gasteiger charge is 2.14. The zero-order chi connectivity index (χ0) is 25.4. The van der Waals surface area contributed by atoms with Crippen molar-refractivity contribution >= 4 is 26.7 Å². The van der Waals surface area contributed by atoms with Gasteiger partial charge < -0.3 is 9.72 Å². The molecule has 0 fully saturated rings. The second-order valence-electron chi connectivity index (χ2n) is 8.27. The highest BCUT2D eigenvalue weighted by atomic mass is 32.2. The molecule has 3 aromatic heterocycles. The van der Waals surface area contributed by atoms with Gasteiger partial charge in [-0.25, -0.2) is 22.2 Å². The number of nitrogens with zero attached hydrogens (tertiary/aromatic N) is 3. The lowest BCUT2D eigenvalue weighted by atomic mass is 10.0. The molecule has 0 bridgehead atoms. The highest BCUT2D eigenvalue weighted by Crippen LogP contribution is 2.34. The number of pyridine rings is 1. The van der Waals surface area contributed by atoms with E-state index < -0.39 is 21.7 Å². The maximum atomic E-state index is 14.0. The molecule has 3 heterocycles. The average Bonchev–Trinajstić information content (AvgIpc) is 3.46. The molecule has 0 saturated carbocycles. The molecule has 0 atom stereocenters. The molecule has 0 unspecified atom stereocenters. The molecule has 0 radical (unpaired) electrons. The minimum atomic E-state index is -3.51. The minimum Gasteiger partial charge on any atom is -0.495 e. The van der Waals surface area contributed by atoms with E-state index in [2.05, 4.69) is 19.8 Å². The first kappa shape index (κ1) is 23.5. The number of halogens is 2. The van der Waals surface area contributed by atoms with Crippen molar-refractivity contribution in [3.05, 3.63) is 84.4 Å². The minimum absolute atomic E-state index is 0.0808. The summed E-state index contributed by atoms with van der Waals surface area (Å²) in [6.07, 6.45) is 7.96. The van der Waals surface area contributed by atoms with Crippen molar-refractivity contribution < 1.29 is 21.9 Å². The molecule has 36 heavy (non-hydrogen) atoms. The summed E-state index contributed by atoms with van der Waals surface area (Å²) in [6, 6.07) is 10.4. The van der Waals surface area contributed by atoms with Crippen LogP contribution in [0.15, 0.2) is 67.3 Å². The van der Waals surface area contributed by atoms with Crippen molar-refractivity contribution in [3.63, 3.8) is 0 Å². The van der Waals surface area contributed by atoms with E-state index in [9.17, 15) is 17.2 Å². The SMILES string of the molecule is COc1ccc(-c2cnc3[nH]cc(-c4cnn(Cc5cc(F)ccc5F)c4)c3c2)cc1NS(C)(=O)=O. The second kappa shape index (κ2) is 9.08. The number of anilines is 1. The second-order valence-corrected chi connectivity index (χ2v) is 10.0. The molecule has 0 aliphatic heterocycles. The van der Waals surface area contributed by atoms with Gasteiger partial charge in [-0.3, -0.25) is 9.40 Å². The summed E-state index contributed by atoms with van der Waals surface area (Å²) < 4.78 is 60.4. The quantitative estimate of drug-likeness (QED) is 0.328. The summed E-state index contributed by atoms with van der Waals surface area (Å²) in [5.41, 5.74) is 4.26. The molecule has 0 aliphatic carbocycles. The van der Waals surface area contributed by atoms with Crippen molar-refractivity contribution in [2.75, 3.05) is 18.1 Å². The van der Waals surface area contributed by atoms with Crippen LogP contribution < -0.4 is 9.46 Å². The first-order valence-corrected chi connectivity index (χ1v) is 12.7. The van der Waals surface area contributed by atoms with Crippen molar-refractivity contribution in [2.24, 2.45) is 0 Å². The van der Waals surface area contributed by atoms with Crippen molar-refractivity contribution in [1.29, 1.82) is 0 Å². The first-order valence-electron chi connectivity index (χ1n) is 10.8.